The van der Waals surface area contributed by atoms with Crippen LogP contribution in [0, 0.1) is 6.92 Å². The molecule has 1 aliphatic rings. The molecule has 2 amide bonds. The minimum atomic E-state index is -0.504. The third kappa shape index (κ3) is 2.97. The van der Waals surface area contributed by atoms with Crippen molar-refractivity contribution >= 4 is 23.2 Å². The van der Waals surface area contributed by atoms with Crippen LogP contribution in [0.2, 0.25) is 0 Å². The van der Waals surface area contributed by atoms with Crippen molar-refractivity contribution in [2.24, 2.45) is 0 Å². The zero-order valence-corrected chi connectivity index (χ0v) is 13.4. The topological polar surface area (TPSA) is 49.4 Å². The molecule has 1 atom stereocenters. The lowest BCUT2D eigenvalue weighted by Gasteiger charge is -2.17. The van der Waals surface area contributed by atoms with Crippen molar-refractivity contribution in [1.82, 2.24) is 0 Å². The minimum Gasteiger partial charge on any atom is -0.373 e. The number of hydrogen-bond acceptors (Lipinski definition) is 3. The molecule has 4 heteroatoms. The number of nitrogens with zero attached hydrogens (tertiary/aromatic N) is 1. The highest BCUT2D eigenvalue weighted by Crippen LogP contribution is 2.26. The van der Waals surface area contributed by atoms with Crippen LogP contribution in [0.5, 0.6) is 0 Å². The molecule has 1 N–H and O–H groups in total. The van der Waals surface area contributed by atoms with Crippen molar-refractivity contribution in [1.29, 1.82) is 0 Å². The molecule has 0 spiro atoms. The van der Waals surface area contributed by atoms with E-state index in [9.17, 15) is 9.59 Å². The average Bonchev–Trinajstić information content (AvgIpc) is 2.82. The molecular formula is C19H20N2O2. The van der Waals surface area contributed by atoms with Crippen LogP contribution < -0.4 is 10.2 Å². The van der Waals surface area contributed by atoms with E-state index in [0.29, 0.717) is 5.69 Å². The normalized spacial score (nSPS) is 17.7. The number of hydrogen-bond donors (Lipinski definition) is 1. The summed E-state index contributed by atoms with van der Waals surface area (Å²) in [6.07, 6.45) is 1.06. The molecule has 3 rings (SSSR count). The lowest BCUT2D eigenvalue weighted by atomic mass is 10.1. The van der Waals surface area contributed by atoms with Gasteiger partial charge in [0, 0.05) is 5.69 Å². The summed E-state index contributed by atoms with van der Waals surface area (Å²) in [6.45, 7) is 4.02. The summed E-state index contributed by atoms with van der Waals surface area (Å²) in [5.41, 5.74) is 3.73. The molecule has 23 heavy (non-hydrogen) atoms. The Balaban J connectivity index is 1.84. The fraction of sp³-hybridized carbons (Fsp3) is 0.263. The van der Waals surface area contributed by atoms with E-state index in [1.807, 2.05) is 49.4 Å². The van der Waals surface area contributed by atoms with Gasteiger partial charge in [-0.15, -0.1) is 0 Å². The summed E-state index contributed by atoms with van der Waals surface area (Å²) < 4.78 is 0. The Labute approximate surface area is 136 Å². The van der Waals surface area contributed by atoms with E-state index in [2.05, 4.69) is 12.2 Å². The summed E-state index contributed by atoms with van der Waals surface area (Å²) in [5, 5.41) is 3.24. The molecule has 0 saturated carbocycles. The highest BCUT2D eigenvalue weighted by molar-refractivity contribution is 6.23. The van der Waals surface area contributed by atoms with Gasteiger partial charge in [-0.1, -0.05) is 37.3 Å². The number of carbonyl (C=O) groups excluding carboxylic acids is 2. The predicted molar refractivity (Wildman–Crippen MR) is 91.5 cm³/mol. The maximum Gasteiger partial charge on any atom is 0.256 e. The maximum absolute atomic E-state index is 12.7. The van der Waals surface area contributed by atoms with Crippen LogP contribution in [-0.4, -0.2) is 17.9 Å². The van der Waals surface area contributed by atoms with Crippen LogP contribution in [0.4, 0.5) is 11.4 Å². The molecule has 0 bridgehead atoms. The van der Waals surface area contributed by atoms with Gasteiger partial charge >= 0.3 is 0 Å². The SMILES string of the molecule is CCc1ccccc1N[C@H]1CC(=O)N(c2cccc(C)c2)C1=O. The fourth-order valence-corrected chi connectivity index (χ4v) is 2.94. The lowest BCUT2D eigenvalue weighted by molar-refractivity contribution is -0.121. The van der Waals surface area contributed by atoms with Gasteiger partial charge in [-0.25, -0.2) is 4.90 Å². The lowest BCUT2D eigenvalue weighted by Crippen LogP contribution is -2.35. The Bertz CT molecular complexity index is 755. The van der Waals surface area contributed by atoms with E-state index in [1.54, 1.807) is 6.07 Å². The van der Waals surface area contributed by atoms with Gasteiger partial charge in [0.05, 0.1) is 12.1 Å². The number of nitrogens with one attached hydrogen (secondary N) is 1. The summed E-state index contributed by atoms with van der Waals surface area (Å²) >= 11 is 0. The third-order valence-electron chi connectivity index (χ3n) is 4.13. The van der Waals surface area contributed by atoms with Gasteiger partial charge in [0.2, 0.25) is 5.91 Å². The van der Waals surface area contributed by atoms with Gasteiger partial charge in [0.1, 0.15) is 6.04 Å². The van der Waals surface area contributed by atoms with Crippen molar-refractivity contribution in [2.75, 3.05) is 10.2 Å². The number of para-hydroxylation sites is 1. The summed E-state index contributed by atoms with van der Waals surface area (Å²) in [7, 11) is 0. The highest BCUT2D eigenvalue weighted by Gasteiger charge is 2.39. The monoisotopic (exact) mass is 308 g/mol. The standard InChI is InChI=1S/C19H20N2O2/c1-3-14-8-4-5-10-16(14)20-17-12-18(22)21(19(17)23)15-9-6-7-13(2)11-15/h4-11,17,20H,3,12H2,1-2H3/t17-/m0/s1. The molecule has 118 valence electrons. The Kier molecular flexibility index (Phi) is 4.15. The predicted octanol–water partition coefficient (Wildman–Crippen LogP) is 3.30. The minimum absolute atomic E-state index is 0.160. The number of anilines is 2. The van der Waals surface area contributed by atoms with E-state index in [-0.39, 0.29) is 18.2 Å². The third-order valence-corrected chi connectivity index (χ3v) is 4.13. The van der Waals surface area contributed by atoms with Crippen LogP contribution >= 0.6 is 0 Å². The Morgan fingerprint density at radius 2 is 1.91 bits per heavy atom. The molecule has 1 aliphatic heterocycles. The number of amides is 2. The first-order chi connectivity index (χ1) is 11.1. The Hall–Kier alpha value is -2.62. The van der Waals surface area contributed by atoms with Crippen LogP contribution in [0.25, 0.3) is 0 Å². The smallest absolute Gasteiger partial charge is 0.256 e. The Morgan fingerprint density at radius 1 is 1.13 bits per heavy atom. The molecule has 2 aromatic carbocycles. The summed E-state index contributed by atoms with van der Waals surface area (Å²) in [5.74, 6) is -0.349. The van der Waals surface area contributed by atoms with E-state index in [1.165, 1.54) is 4.90 Å². The number of imide groups is 1. The zero-order chi connectivity index (χ0) is 16.4. The van der Waals surface area contributed by atoms with Crippen LogP contribution in [0.1, 0.15) is 24.5 Å². The van der Waals surface area contributed by atoms with Gasteiger partial charge in [0.25, 0.3) is 5.91 Å². The molecule has 0 unspecified atom stereocenters. The second-order valence-electron chi connectivity index (χ2n) is 5.82. The molecule has 2 aromatic rings. The van der Waals surface area contributed by atoms with Gasteiger partial charge in [-0.2, -0.15) is 0 Å². The number of carbonyl (C=O) groups is 2. The van der Waals surface area contributed by atoms with Crippen LogP contribution in [0.3, 0.4) is 0 Å². The highest BCUT2D eigenvalue weighted by atomic mass is 16.2. The largest absolute Gasteiger partial charge is 0.373 e. The molecule has 1 fully saturated rings. The van der Waals surface area contributed by atoms with E-state index in [0.717, 1.165) is 23.2 Å². The van der Waals surface area contributed by atoms with Crippen LogP contribution in [-0.2, 0) is 16.0 Å². The second kappa shape index (κ2) is 6.24. The van der Waals surface area contributed by atoms with Crippen molar-refractivity contribution in [3.8, 4) is 0 Å². The molecule has 0 aliphatic carbocycles. The number of benzene rings is 2. The van der Waals surface area contributed by atoms with Crippen molar-refractivity contribution in [3.63, 3.8) is 0 Å². The molecule has 1 saturated heterocycles. The van der Waals surface area contributed by atoms with Gasteiger partial charge in [0.15, 0.2) is 0 Å². The van der Waals surface area contributed by atoms with Crippen molar-refractivity contribution in [2.45, 2.75) is 32.7 Å². The molecule has 4 nitrogen and oxygen atoms in total. The Morgan fingerprint density at radius 3 is 2.65 bits per heavy atom. The average molecular weight is 308 g/mol. The summed E-state index contributed by atoms with van der Waals surface area (Å²) in [6, 6.07) is 14.8. The quantitative estimate of drug-likeness (QED) is 0.882. The number of rotatable bonds is 4. The molecule has 1 heterocycles. The van der Waals surface area contributed by atoms with Crippen LogP contribution in [0.15, 0.2) is 48.5 Å². The first-order valence-corrected chi connectivity index (χ1v) is 7.88. The van der Waals surface area contributed by atoms with Gasteiger partial charge in [-0.3, -0.25) is 9.59 Å². The molecule has 0 radical (unpaired) electrons. The number of aryl methyl sites for hydroxylation is 2. The van der Waals surface area contributed by atoms with Crippen molar-refractivity contribution < 1.29 is 9.59 Å². The first-order valence-electron chi connectivity index (χ1n) is 7.88. The summed E-state index contributed by atoms with van der Waals surface area (Å²) in [4.78, 5) is 26.3. The van der Waals surface area contributed by atoms with Gasteiger partial charge < -0.3 is 5.32 Å². The molecular weight excluding hydrogens is 288 g/mol. The van der Waals surface area contributed by atoms with Gasteiger partial charge in [-0.05, 0) is 42.7 Å². The second-order valence-corrected chi connectivity index (χ2v) is 5.82. The fourth-order valence-electron chi connectivity index (χ4n) is 2.94. The van der Waals surface area contributed by atoms with E-state index < -0.39 is 6.04 Å². The van der Waals surface area contributed by atoms with E-state index in [4.69, 9.17) is 0 Å². The molecule has 0 aromatic heterocycles. The zero-order valence-electron chi connectivity index (χ0n) is 13.4. The van der Waals surface area contributed by atoms with E-state index >= 15 is 0 Å². The first kappa shape index (κ1) is 15.3. The van der Waals surface area contributed by atoms with Crippen molar-refractivity contribution in [3.05, 3.63) is 59.7 Å². The maximum atomic E-state index is 12.7.